The molecule has 5 rings (SSSR count). The lowest BCUT2D eigenvalue weighted by Crippen LogP contribution is -2.34. The highest BCUT2D eigenvalue weighted by molar-refractivity contribution is 5.69. The van der Waals surface area contributed by atoms with Crippen LogP contribution in [-0.4, -0.2) is 61.8 Å². The summed E-state index contributed by atoms with van der Waals surface area (Å²) in [6.45, 7) is 5.30. The maximum Gasteiger partial charge on any atom is 0.351 e. The number of anilines is 1. The predicted molar refractivity (Wildman–Crippen MR) is 116 cm³/mol. The second-order valence-electron chi connectivity index (χ2n) is 8.35. The van der Waals surface area contributed by atoms with Crippen LogP contribution in [-0.2, 0) is 27.2 Å². The monoisotopic (exact) mass is 427 g/mol. The number of fused-ring (bicyclic) bond motifs is 3. The Kier molecular flexibility index (Phi) is 6.20. The molecule has 0 bridgehead atoms. The van der Waals surface area contributed by atoms with Gasteiger partial charge in [0.2, 0.25) is 5.88 Å². The van der Waals surface area contributed by atoms with Gasteiger partial charge in [0.05, 0.1) is 25.5 Å². The minimum Gasteiger partial charge on any atom is -0.475 e. The lowest BCUT2D eigenvalue weighted by molar-refractivity contribution is -0.102. The van der Waals surface area contributed by atoms with Crippen LogP contribution in [0.4, 0.5) is 5.69 Å². The lowest BCUT2D eigenvalue weighted by atomic mass is 9.96. The van der Waals surface area contributed by atoms with E-state index in [1.54, 1.807) is 4.57 Å². The van der Waals surface area contributed by atoms with Crippen LogP contribution in [0.5, 0.6) is 5.88 Å². The van der Waals surface area contributed by atoms with E-state index in [0.717, 1.165) is 56.0 Å². The molecule has 0 saturated carbocycles. The van der Waals surface area contributed by atoms with E-state index in [9.17, 15) is 4.79 Å². The largest absolute Gasteiger partial charge is 0.475 e. The molecule has 2 fully saturated rings. The highest BCUT2D eigenvalue weighted by Crippen LogP contribution is 2.32. The Morgan fingerprint density at radius 3 is 2.87 bits per heavy atom. The molecule has 2 saturated heterocycles. The van der Waals surface area contributed by atoms with Crippen LogP contribution < -0.4 is 15.7 Å². The van der Waals surface area contributed by atoms with Crippen molar-refractivity contribution in [2.75, 3.05) is 51.5 Å². The molecular weight excluding hydrogens is 398 g/mol. The average molecular weight is 428 g/mol. The van der Waals surface area contributed by atoms with Gasteiger partial charge in [0.25, 0.3) is 0 Å². The van der Waals surface area contributed by atoms with Gasteiger partial charge in [-0.05, 0) is 42.9 Å². The first-order valence-electron chi connectivity index (χ1n) is 11.2. The van der Waals surface area contributed by atoms with Crippen LogP contribution in [0.15, 0.2) is 29.1 Å². The number of ether oxygens (including phenoxy) is 4. The zero-order valence-electron chi connectivity index (χ0n) is 17.7. The minimum absolute atomic E-state index is 0.133. The smallest absolute Gasteiger partial charge is 0.351 e. The topological polar surface area (TPSA) is 83.8 Å². The Morgan fingerprint density at radius 2 is 2.03 bits per heavy atom. The fourth-order valence-corrected chi connectivity index (χ4v) is 4.41. The lowest BCUT2D eigenvalue weighted by Gasteiger charge is -2.25. The molecule has 1 N–H and O–H groups in total. The summed E-state index contributed by atoms with van der Waals surface area (Å²) in [5.74, 6) is 0.994. The standard InChI is InChI=1S/C23H29N3O5/c27-23-25-22(31-15-19-14-29-9-10-30-19)12-21-20-2-1-18(11-17(20)3-6-26(21)23)24-13-16-4-7-28-8-5-16/h1-2,11-12,16,19,24H,3-10,13-15H2. The molecule has 1 aromatic carbocycles. The maximum atomic E-state index is 12.6. The van der Waals surface area contributed by atoms with Gasteiger partial charge >= 0.3 is 5.69 Å². The van der Waals surface area contributed by atoms with Crippen LogP contribution in [0.2, 0.25) is 0 Å². The van der Waals surface area contributed by atoms with Crippen LogP contribution in [0.25, 0.3) is 11.3 Å². The Balaban J connectivity index is 1.31. The van der Waals surface area contributed by atoms with Crippen molar-refractivity contribution in [1.82, 2.24) is 9.55 Å². The van der Waals surface area contributed by atoms with Crippen LogP contribution in [0, 0.1) is 5.92 Å². The molecule has 0 aliphatic carbocycles. The average Bonchev–Trinajstić information content (AvgIpc) is 2.82. The van der Waals surface area contributed by atoms with Crippen molar-refractivity contribution < 1.29 is 18.9 Å². The van der Waals surface area contributed by atoms with Gasteiger partial charge < -0.3 is 24.3 Å². The number of rotatable bonds is 6. The van der Waals surface area contributed by atoms with Crippen molar-refractivity contribution in [1.29, 1.82) is 0 Å². The Morgan fingerprint density at radius 1 is 1.13 bits per heavy atom. The van der Waals surface area contributed by atoms with Crippen molar-refractivity contribution in [3.05, 3.63) is 40.3 Å². The number of benzene rings is 1. The minimum atomic E-state index is -0.277. The molecule has 8 nitrogen and oxygen atoms in total. The van der Waals surface area contributed by atoms with Crippen molar-refractivity contribution in [3.8, 4) is 17.1 Å². The summed E-state index contributed by atoms with van der Waals surface area (Å²) in [4.78, 5) is 16.7. The molecule has 1 atom stereocenters. The van der Waals surface area contributed by atoms with E-state index in [-0.39, 0.29) is 11.8 Å². The normalized spacial score (nSPS) is 21.2. The first-order chi connectivity index (χ1) is 15.3. The van der Waals surface area contributed by atoms with Crippen molar-refractivity contribution >= 4 is 5.69 Å². The third-order valence-electron chi connectivity index (χ3n) is 6.21. The molecule has 3 aliphatic rings. The number of aryl methyl sites for hydroxylation is 1. The number of hydrogen-bond acceptors (Lipinski definition) is 7. The molecule has 0 amide bonds. The summed E-state index contributed by atoms with van der Waals surface area (Å²) >= 11 is 0. The molecule has 2 aromatic rings. The number of nitrogens with zero attached hydrogens (tertiary/aromatic N) is 2. The molecule has 1 aromatic heterocycles. The summed E-state index contributed by atoms with van der Waals surface area (Å²) in [6.07, 6.45) is 2.90. The van der Waals surface area contributed by atoms with Gasteiger partial charge in [-0.2, -0.15) is 4.98 Å². The summed E-state index contributed by atoms with van der Waals surface area (Å²) in [6, 6.07) is 8.25. The number of hydrogen-bond donors (Lipinski definition) is 1. The van der Waals surface area contributed by atoms with Gasteiger partial charge in [-0.15, -0.1) is 0 Å². The molecule has 0 radical (unpaired) electrons. The zero-order valence-corrected chi connectivity index (χ0v) is 17.7. The van der Waals surface area contributed by atoms with Gasteiger partial charge in [0.1, 0.15) is 12.7 Å². The van der Waals surface area contributed by atoms with E-state index < -0.39 is 0 Å². The SMILES string of the molecule is O=c1nc(OCC2COCCO2)cc2n1CCc1cc(NCC3CCOCC3)ccc1-2. The second kappa shape index (κ2) is 9.38. The van der Waals surface area contributed by atoms with Gasteiger partial charge in [-0.3, -0.25) is 4.57 Å². The molecule has 4 heterocycles. The van der Waals surface area contributed by atoms with Crippen LogP contribution in [0.3, 0.4) is 0 Å². The molecular formula is C23H29N3O5. The van der Waals surface area contributed by atoms with Gasteiger partial charge in [0, 0.05) is 43.6 Å². The summed E-state index contributed by atoms with van der Waals surface area (Å²) in [5.41, 5.74) is 4.00. The maximum absolute atomic E-state index is 12.6. The quantitative estimate of drug-likeness (QED) is 0.756. The van der Waals surface area contributed by atoms with Crippen LogP contribution in [0.1, 0.15) is 18.4 Å². The van der Waals surface area contributed by atoms with Crippen molar-refractivity contribution in [3.63, 3.8) is 0 Å². The van der Waals surface area contributed by atoms with Gasteiger partial charge in [0.15, 0.2) is 0 Å². The van der Waals surface area contributed by atoms with E-state index in [1.807, 2.05) is 6.07 Å². The highest BCUT2D eigenvalue weighted by atomic mass is 16.6. The molecule has 166 valence electrons. The number of aromatic nitrogens is 2. The molecule has 1 unspecified atom stereocenters. The van der Waals surface area contributed by atoms with Gasteiger partial charge in [-0.1, -0.05) is 6.07 Å². The fourth-order valence-electron chi connectivity index (χ4n) is 4.41. The molecule has 31 heavy (non-hydrogen) atoms. The van der Waals surface area contributed by atoms with E-state index in [2.05, 4.69) is 28.5 Å². The van der Waals surface area contributed by atoms with Gasteiger partial charge in [-0.25, -0.2) is 4.79 Å². The van der Waals surface area contributed by atoms with E-state index >= 15 is 0 Å². The van der Waals surface area contributed by atoms with E-state index in [0.29, 0.717) is 44.8 Å². The second-order valence-corrected chi connectivity index (χ2v) is 8.35. The Hall–Kier alpha value is -2.42. The first kappa shape index (κ1) is 20.5. The molecule has 0 spiro atoms. The Labute approximate surface area is 181 Å². The van der Waals surface area contributed by atoms with Crippen molar-refractivity contribution in [2.24, 2.45) is 5.92 Å². The highest BCUT2D eigenvalue weighted by Gasteiger charge is 2.21. The summed E-state index contributed by atoms with van der Waals surface area (Å²) < 4.78 is 24.0. The van der Waals surface area contributed by atoms with Crippen LogP contribution >= 0.6 is 0 Å². The summed E-state index contributed by atoms with van der Waals surface area (Å²) in [7, 11) is 0. The Bertz CT molecular complexity index is 964. The summed E-state index contributed by atoms with van der Waals surface area (Å²) in [5, 5.41) is 3.58. The third kappa shape index (κ3) is 4.76. The van der Waals surface area contributed by atoms with Crippen molar-refractivity contribution in [2.45, 2.75) is 31.9 Å². The first-order valence-corrected chi connectivity index (χ1v) is 11.2. The third-order valence-corrected chi connectivity index (χ3v) is 6.21. The predicted octanol–water partition coefficient (Wildman–Crippen LogP) is 2.10. The van der Waals surface area contributed by atoms with E-state index in [4.69, 9.17) is 18.9 Å². The van der Waals surface area contributed by atoms with E-state index in [1.165, 1.54) is 5.56 Å². The number of nitrogens with one attached hydrogen (secondary N) is 1. The molecule has 3 aliphatic heterocycles. The fraction of sp³-hybridized carbons (Fsp3) is 0.565. The molecule has 8 heteroatoms. The zero-order chi connectivity index (χ0) is 21.0.